The molecule has 0 saturated carbocycles. The van der Waals surface area contributed by atoms with E-state index in [0.29, 0.717) is 0 Å². The molecular weight excluding hydrogens is 186 g/mol. The Hall–Kier alpha value is -0.340. The molecule has 2 heteroatoms. The Labute approximate surface area is 95.1 Å². The zero-order chi connectivity index (χ0) is 11.5. The van der Waals surface area contributed by atoms with Crippen molar-refractivity contribution >= 4 is 0 Å². The van der Waals surface area contributed by atoms with Gasteiger partial charge in [-0.1, -0.05) is 25.5 Å². The van der Waals surface area contributed by atoms with Crippen LogP contribution < -0.4 is 5.32 Å². The van der Waals surface area contributed by atoms with Crippen LogP contribution in [0, 0.1) is 5.92 Å². The molecular formula is C13H27NO. The van der Waals surface area contributed by atoms with Crippen LogP contribution in [-0.2, 0) is 4.74 Å². The molecule has 0 heterocycles. The minimum atomic E-state index is 0.781. The summed E-state index contributed by atoms with van der Waals surface area (Å²) in [5.41, 5.74) is 1.55. The van der Waals surface area contributed by atoms with Crippen LogP contribution in [-0.4, -0.2) is 26.8 Å². The van der Waals surface area contributed by atoms with Gasteiger partial charge in [-0.05, 0) is 38.6 Å². The summed E-state index contributed by atoms with van der Waals surface area (Å²) in [4.78, 5) is 0. The van der Waals surface area contributed by atoms with Gasteiger partial charge in [0.05, 0.1) is 6.61 Å². The summed E-state index contributed by atoms with van der Waals surface area (Å²) in [6.07, 6.45) is 6.02. The molecule has 0 bridgehead atoms. The molecule has 0 aliphatic heterocycles. The van der Waals surface area contributed by atoms with E-state index in [1.165, 1.54) is 12.8 Å². The first-order valence-electron chi connectivity index (χ1n) is 6.12. The van der Waals surface area contributed by atoms with Gasteiger partial charge in [0.25, 0.3) is 0 Å². The van der Waals surface area contributed by atoms with Crippen molar-refractivity contribution in [3.05, 3.63) is 11.6 Å². The Bertz CT molecular complexity index is 162. The highest BCUT2D eigenvalue weighted by atomic mass is 16.5. The van der Waals surface area contributed by atoms with Crippen molar-refractivity contribution in [2.24, 2.45) is 5.92 Å². The predicted octanol–water partition coefficient (Wildman–Crippen LogP) is 3.00. The maximum Gasteiger partial charge on any atom is 0.0587 e. The second kappa shape index (κ2) is 10.2. The molecule has 0 aromatic heterocycles. The fourth-order valence-electron chi connectivity index (χ4n) is 1.80. The van der Waals surface area contributed by atoms with Crippen LogP contribution in [0.4, 0.5) is 0 Å². The molecule has 0 saturated heterocycles. The summed E-state index contributed by atoms with van der Waals surface area (Å²) in [5, 5.41) is 3.35. The third-order valence-corrected chi connectivity index (χ3v) is 2.90. The first-order chi connectivity index (χ1) is 7.26. The van der Waals surface area contributed by atoms with E-state index < -0.39 is 0 Å². The van der Waals surface area contributed by atoms with Gasteiger partial charge in [0, 0.05) is 13.7 Å². The molecule has 0 fully saturated rings. The largest absolute Gasteiger partial charge is 0.383 e. The van der Waals surface area contributed by atoms with Gasteiger partial charge in [0.15, 0.2) is 0 Å². The van der Waals surface area contributed by atoms with Crippen molar-refractivity contribution in [3.63, 3.8) is 0 Å². The Balaban J connectivity index is 3.57. The quantitative estimate of drug-likeness (QED) is 0.469. The molecule has 0 aliphatic carbocycles. The van der Waals surface area contributed by atoms with Crippen LogP contribution in [0.3, 0.4) is 0 Å². The molecule has 0 aromatic carbocycles. The van der Waals surface area contributed by atoms with Gasteiger partial charge in [-0.3, -0.25) is 0 Å². The lowest BCUT2D eigenvalue weighted by Crippen LogP contribution is -2.19. The Morgan fingerprint density at radius 3 is 2.47 bits per heavy atom. The van der Waals surface area contributed by atoms with Crippen LogP contribution in [0.25, 0.3) is 0 Å². The second-order valence-corrected chi connectivity index (χ2v) is 3.99. The smallest absolute Gasteiger partial charge is 0.0587 e. The summed E-state index contributed by atoms with van der Waals surface area (Å²) in [5.74, 6) is 0.781. The first kappa shape index (κ1) is 14.7. The van der Waals surface area contributed by atoms with Gasteiger partial charge in [-0.25, -0.2) is 0 Å². The molecule has 2 nitrogen and oxygen atoms in total. The molecule has 0 aromatic rings. The predicted molar refractivity (Wildman–Crippen MR) is 67.2 cm³/mol. The first-order valence-corrected chi connectivity index (χ1v) is 6.12. The highest BCUT2D eigenvalue weighted by Crippen LogP contribution is 2.18. The summed E-state index contributed by atoms with van der Waals surface area (Å²) < 4.78 is 4.96. The Morgan fingerprint density at radius 1 is 1.27 bits per heavy atom. The normalized spacial score (nSPS) is 12.5. The third kappa shape index (κ3) is 7.57. The number of rotatable bonds is 9. The highest BCUT2D eigenvalue weighted by Gasteiger charge is 2.03. The van der Waals surface area contributed by atoms with Crippen LogP contribution in [0.5, 0.6) is 0 Å². The SMILES string of the molecule is CCC(CC)C(C)=CCCNCCOC. The highest BCUT2D eigenvalue weighted by molar-refractivity contribution is 5.02. The number of methoxy groups -OCH3 is 1. The van der Waals surface area contributed by atoms with E-state index in [1.807, 2.05) is 0 Å². The lowest BCUT2D eigenvalue weighted by molar-refractivity contribution is 0.199. The Kier molecular flexibility index (Phi) is 9.96. The fraction of sp³-hybridized carbons (Fsp3) is 0.846. The lowest BCUT2D eigenvalue weighted by atomic mass is 9.94. The van der Waals surface area contributed by atoms with Gasteiger partial charge in [-0.2, -0.15) is 0 Å². The molecule has 0 spiro atoms. The van der Waals surface area contributed by atoms with Crippen molar-refractivity contribution in [3.8, 4) is 0 Å². The van der Waals surface area contributed by atoms with Gasteiger partial charge in [0.2, 0.25) is 0 Å². The van der Waals surface area contributed by atoms with Gasteiger partial charge < -0.3 is 10.1 Å². The Morgan fingerprint density at radius 2 is 1.93 bits per heavy atom. The zero-order valence-corrected chi connectivity index (χ0v) is 10.8. The fourth-order valence-corrected chi connectivity index (χ4v) is 1.80. The zero-order valence-electron chi connectivity index (χ0n) is 10.8. The summed E-state index contributed by atoms with van der Waals surface area (Å²) in [7, 11) is 1.73. The summed E-state index contributed by atoms with van der Waals surface area (Å²) >= 11 is 0. The van der Waals surface area contributed by atoms with E-state index in [9.17, 15) is 0 Å². The molecule has 0 atom stereocenters. The number of allylic oxidation sites excluding steroid dienone is 1. The molecule has 0 unspecified atom stereocenters. The monoisotopic (exact) mass is 213 g/mol. The summed E-state index contributed by atoms with van der Waals surface area (Å²) in [6.45, 7) is 9.60. The molecule has 90 valence electrons. The van der Waals surface area contributed by atoms with E-state index in [4.69, 9.17) is 4.74 Å². The minimum absolute atomic E-state index is 0.781. The molecule has 0 rings (SSSR count). The second-order valence-electron chi connectivity index (χ2n) is 3.99. The lowest BCUT2D eigenvalue weighted by Gasteiger charge is -2.13. The van der Waals surface area contributed by atoms with E-state index in [1.54, 1.807) is 12.7 Å². The topological polar surface area (TPSA) is 21.3 Å². The van der Waals surface area contributed by atoms with Gasteiger partial charge in [0.1, 0.15) is 0 Å². The van der Waals surface area contributed by atoms with Crippen molar-refractivity contribution in [2.75, 3.05) is 26.8 Å². The maximum absolute atomic E-state index is 4.96. The third-order valence-electron chi connectivity index (χ3n) is 2.90. The molecule has 15 heavy (non-hydrogen) atoms. The standard InChI is InChI=1S/C13H27NO/c1-5-13(6-2)12(3)8-7-9-14-10-11-15-4/h8,13-14H,5-7,9-11H2,1-4H3. The van der Waals surface area contributed by atoms with Crippen molar-refractivity contribution in [1.82, 2.24) is 5.32 Å². The van der Waals surface area contributed by atoms with E-state index in [-0.39, 0.29) is 0 Å². The van der Waals surface area contributed by atoms with E-state index in [2.05, 4.69) is 32.2 Å². The van der Waals surface area contributed by atoms with Gasteiger partial charge >= 0.3 is 0 Å². The van der Waals surface area contributed by atoms with E-state index >= 15 is 0 Å². The number of hydrogen-bond donors (Lipinski definition) is 1. The van der Waals surface area contributed by atoms with Crippen molar-refractivity contribution < 1.29 is 4.74 Å². The average Bonchev–Trinajstić information content (AvgIpc) is 2.25. The number of hydrogen-bond acceptors (Lipinski definition) is 2. The van der Waals surface area contributed by atoms with Gasteiger partial charge in [-0.15, -0.1) is 0 Å². The number of nitrogens with one attached hydrogen (secondary N) is 1. The molecule has 1 N–H and O–H groups in total. The van der Waals surface area contributed by atoms with Crippen LogP contribution in [0.15, 0.2) is 11.6 Å². The van der Waals surface area contributed by atoms with Crippen molar-refractivity contribution in [1.29, 1.82) is 0 Å². The minimum Gasteiger partial charge on any atom is -0.383 e. The van der Waals surface area contributed by atoms with Crippen LogP contribution in [0.2, 0.25) is 0 Å². The average molecular weight is 213 g/mol. The molecule has 0 aliphatic rings. The van der Waals surface area contributed by atoms with Crippen molar-refractivity contribution in [2.45, 2.75) is 40.0 Å². The number of ether oxygens (including phenoxy) is 1. The van der Waals surface area contributed by atoms with Crippen LogP contribution in [0.1, 0.15) is 40.0 Å². The molecule has 0 radical (unpaired) electrons. The maximum atomic E-state index is 4.96. The summed E-state index contributed by atoms with van der Waals surface area (Å²) in [6, 6.07) is 0. The molecule has 0 amide bonds. The van der Waals surface area contributed by atoms with E-state index in [0.717, 1.165) is 32.0 Å². The van der Waals surface area contributed by atoms with Crippen LogP contribution >= 0.6 is 0 Å².